The third kappa shape index (κ3) is 2.22. The third-order valence-corrected chi connectivity index (χ3v) is 4.74. The average molecular weight is 310 g/mol. The number of rotatable bonds is 3. The summed E-state index contributed by atoms with van der Waals surface area (Å²) in [7, 11) is 3.73. The fourth-order valence-corrected chi connectivity index (χ4v) is 3.80. The number of nitrogens with one attached hydrogen (secondary N) is 1. The molecule has 1 aromatic carbocycles. The van der Waals surface area contributed by atoms with E-state index >= 15 is 0 Å². The van der Waals surface area contributed by atoms with Crippen molar-refractivity contribution in [2.45, 2.75) is 6.04 Å². The molecule has 0 spiro atoms. The molecule has 20 heavy (non-hydrogen) atoms. The zero-order valence-corrected chi connectivity index (χ0v) is 12.6. The third-order valence-electron chi connectivity index (χ3n) is 3.29. The van der Waals surface area contributed by atoms with E-state index < -0.39 is 0 Å². The second-order valence-corrected chi connectivity index (χ2v) is 6.08. The molecule has 2 heterocycles. The standard InChI is InChI=1S/C14H13ClFN3S/c1-17-13(14-10(15)7-18-19(14)2)12-5-8-3-4-9(16)6-11(8)20-12/h3-7,13,17H,1-2H3. The first-order valence-electron chi connectivity index (χ1n) is 6.14. The number of nitrogens with zero attached hydrogens (tertiary/aromatic N) is 2. The topological polar surface area (TPSA) is 29.9 Å². The van der Waals surface area contributed by atoms with Gasteiger partial charge in [-0.2, -0.15) is 5.10 Å². The molecule has 0 amide bonds. The van der Waals surface area contributed by atoms with Crippen LogP contribution in [0.3, 0.4) is 0 Å². The van der Waals surface area contributed by atoms with Crippen molar-refractivity contribution in [2.24, 2.45) is 7.05 Å². The quantitative estimate of drug-likeness (QED) is 0.799. The summed E-state index contributed by atoms with van der Waals surface area (Å²) >= 11 is 7.77. The molecule has 3 aromatic rings. The Bertz CT molecular complexity index is 745. The number of halogens is 2. The maximum Gasteiger partial charge on any atom is 0.124 e. The van der Waals surface area contributed by atoms with Gasteiger partial charge in [-0.25, -0.2) is 4.39 Å². The van der Waals surface area contributed by atoms with Crippen LogP contribution < -0.4 is 5.32 Å². The van der Waals surface area contributed by atoms with Gasteiger partial charge in [-0.15, -0.1) is 11.3 Å². The second-order valence-electron chi connectivity index (χ2n) is 4.55. The minimum Gasteiger partial charge on any atom is -0.307 e. The van der Waals surface area contributed by atoms with Gasteiger partial charge in [0.15, 0.2) is 0 Å². The molecule has 6 heteroatoms. The van der Waals surface area contributed by atoms with Crippen LogP contribution in [0.5, 0.6) is 0 Å². The number of fused-ring (bicyclic) bond motifs is 1. The summed E-state index contributed by atoms with van der Waals surface area (Å²) in [5.41, 5.74) is 0.904. The first-order valence-corrected chi connectivity index (χ1v) is 7.33. The highest BCUT2D eigenvalue weighted by Crippen LogP contribution is 2.35. The van der Waals surface area contributed by atoms with Gasteiger partial charge in [-0.3, -0.25) is 4.68 Å². The lowest BCUT2D eigenvalue weighted by Gasteiger charge is -2.15. The van der Waals surface area contributed by atoms with Crippen LogP contribution in [0, 0.1) is 5.82 Å². The Labute approximate surface area is 125 Å². The Hall–Kier alpha value is -1.43. The van der Waals surface area contributed by atoms with Gasteiger partial charge in [0.25, 0.3) is 0 Å². The van der Waals surface area contributed by atoms with Crippen molar-refractivity contribution in [1.29, 1.82) is 0 Å². The highest BCUT2D eigenvalue weighted by Gasteiger charge is 2.21. The number of hydrogen-bond donors (Lipinski definition) is 1. The number of aryl methyl sites for hydroxylation is 1. The fourth-order valence-electron chi connectivity index (χ4n) is 2.33. The predicted octanol–water partition coefficient (Wildman–Crippen LogP) is 3.74. The zero-order valence-electron chi connectivity index (χ0n) is 11.0. The Morgan fingerprint density at radius 1 is 1.40 bits per heavy atom. The summed E-state index contributed by atoms with van der Waals surface area (Å²) in [6.45, 7) is 0. The van der Waals surface area contributed by atoms with Crippen LogP contribution in [0.25, 0.3) is 10.1 Å². The summed E-state index contributed by atoms with van der Waals surface area (Å²) in [5.74, 6) is -0.217. The number of aromatic nitrogens is 2. The SMILES string of the molecule is CNC(c1cc2ccc(F)cc2s1)c1c(Cl)cnn1C. The van der Waals surface area contributed by atoms with Crippen molar-refractivity contribution in [3.8, 4) is 0 Å². The van der Waals surface area contributed by atoms with Crippen molar-refractivity contribution in [1.82, 2.24) is 15.1 Å². The molecule has 0 aliphatic carbocycles. The van der Waals surface area contributed by atoms with E-state index in [1.807, 2.05) is 14.1 Å². The van der Waals surface area contributed by atoms with Crippen molar-refractivity contribution >= 4 is 33.0 Å². The van der Waals surface area contributed by atoms with Gasteiger partial charge in [0, 0.05) is 16.6 Å². The molecule has 3 rings (SSSR count). The van der Waals surface area contributed by atoms with Crippen molar-refractivity contribution in [3.05, 3.63) is 51.9 Å². The van der Waals surface area contributed by atoms with Crippen LogP contribution in [0.15, 0.2) is 30.5 Å². The highest BCUT2D eigenvalue weighted by molar-refractivity contribution is 7.19. The van der Waals surface area contributed by atoms with Crippen LogP contribution in [0.4, 0.5) is 4.39 Å². The van der Waals surface area contributed by atoms with Crippen LogP contribution in [0.1, 0.15) is 16.6 Å². The van der Waals surface area contributed by atoms with Gasteiger partial charge in [-0.1, -0.05) is 17.7 Å². The fraction of sp³-hybridized carbons (Fsp3) is 0.214. The van der Waals surface area contributed by atoms with Crippen molar-refractivity contribution < 1.29 is 4.39 Å². The van der Waals surface area contributed by atoms with Crippen LogP contribution >= 0.6 is 22.9 Å². The van der Waals surface area contributed by atoms with E-state index in [1.165, 1.54) is 6.07 Å². The van der Waals surface area contributed by atoms with E-state index in [1.54, 1.807) is 34.3 Å². The van der Waals surface area contributed by atoms with E-state index in [9.17, 15) is 4.39 Å². The van der Waals surface area contributed by atoms with Gasteiger partial charge < -0.3 is 5.32 Å². The molecule has 0 radical (unpaired) electrons. The molecule has 1 N–H and O–H groups in total. The van der Waals surface area contributed by atoms with Crippen LogP contribution in [-0.2, 0) is 7.05 Å². The Morgan fingerprint density at radius 2 is 2.20 bits per heavy atom. The smallest absolute Gasteiger partial charge is 0.124 e. The maximum absolute atomic E-state index is 13.3. The predicted molar refractivity (Wildman–Crippen MR) is 80.9 cm³/mol. The number of hydrogen-bond acceptors (Lipinski definition) is 3. The zero-order chi connectivity index (χ0) is 14.3. The molecule has 104 valence electrons. The van der Waals surface area contributed by atoms with Crippen molar-refractivity contribution in [2.75, 3.05) is 7.05 Å². The van der Waals surface area contributed by atoms with Gasteiger partial charge in [-0.05, 0) is 30.6 Å². The summed E-state index contributed by atoms with van der Waals surface area (Å²) in [4.78, 5) is 1.08. The first-order chi connectivity index (χ1) is 9.60. The summed E-state index contributed by atoms with van der Waals surface area (Å²) in [6.07, 6.45) is 1.63. The van der Waals surface area contributed by atoms with Gasteiger partial charge >= 0.3 is 0 Å². The van der Waals surface area contributed by atoms with Crippen molar-refractivity contribution in [3.63, 3.8) is 0 Å². The van der Waals surface area contributed by atoms with E-state index in [0.717, 1.165) is 20.7 Å². The molecular weight excluding hydrogens is 297 g/mol. The van der Waals surface area contributed by atoms with Gasteiger partial charge in [0.05, 0.1) is 23.0 Å². The molecule has 0 aliphatic rings. The maximum atomic E-state index is 13.3. The molecule has 0 saturated carbocycles. The molecule has 1 unspecified atom stereocenters. The molecule has 2 aromatic heterocycles. The van der Waals surface area contributed by atoms with E-state index in [0.29, 0.717) is 5.02 Å². The monoisotopic (exact) mass is 309 g/mol. The average Bonchev–Trinajstić information content (AvgIpc) is 2.97. The Morgan fingerprint density at radius 3 is 2.85 bits per heavy atom. The first kappa shape index (κ1) is 13.5. The highest BCUT2D eigenvalue weighted by atomic mass is 35.5. The number of thiophene rings is 1. The Balaban J connectivity index is 2.12. The molecule has 0 fully saturated rings. The number of benzene rings is 1. The molecule has 0 bridgehead atoms. The molecule has 0 aliphatic heterocycles. The minimum atomic E-state index is -0.217. The molecular formula is C14H13ClFN3S. The van der Waals surface area contributed by atoms with Gasteiger partial charge in [0.2, 0.25) is 0 Å². The largest absolute Gasteiger partial charge is 0.307 e. The summed E-state index contributed by atoms with van der Waals surface area (Å²) < 4.78 is 16.0. The van der Waals surface area contributed by atoms with E-state index in [-0.39, 0.29) is 11.9 Å². The van der Waals surface area contributed by atoms with Crippen LogP contribution in [0.2, 0.25) is 5.02 Å². The lowest BCUT2D eigenvalue weighted by molar-refractivity contribution is 0.613. The molecule has 3 nitrogen and oxygen atoms in total. The lowest BCUT2D eigenvalue weighted by atomic mass is 10.1. The lowest BCUT2D eigenvalue weighted by Crippen LogP contribution is -2.20. The van der Waals surface area contributed by atoms with E-state index in [2.05, 4.69) is 16.5 Å². The van der Waals surface area contributed by atoms with Gasteiger partial charge in [0.1, 0.15) is 5.82 Å². The molecule has 1 atom stereocenters. The Kier molecular flexibility index (Phi) is 3.50. The summed E-state index contributed by atoms with van der Waals surface area (Å²) in [6, 6.07) is 6.83. The van der Waals surface area contributed by atoms with E-state index in [4.69, 9.17) is 11.6 Å². The minimum absolute atomic E-state index is 0.0598. The normalized spacial score (nSPS) is 13.0. The molecule has 0 saturated heterocycles. The van der Waals surface area contributed by atoms with Crippen LogP contribution in [-0.4, -0.2) is 16.8 Å². The second kappa shape index (κ2) is 5.16. The summed E-state index contributed by atoms with van der Waals surface area (Å²) in [5, 5.41) is 9.07.